The molecule has 2 aromatic rings. The van der Waals surface area contributed by atoms with Crippen molar-refractivity contribution in [3.8, 4) is 11.4 Å². The molecule has 0 radical (unpaired) electrons. The van der Waals surface area contributed by atoms with E-state index < -0.39 is 0 Å². The third-order valence-corrected chi connectivity index (χ3v) is 3.18. The van der Waals surface area contributed by atoms with Gasteiger partial charge in [-0.05, 0) is 6.07 Å². The van der Waals surface area contributed by atoms with Crippen molar-refractivity contribution in [2.75, 3.05) is 19.9 Å². The molecule has 0 fully saturated rings. The molecule has 0 aliphatic heterocycles. The number of nitrogens with two attached hydrogens (primary N) is 1. The summed E-state index contributed by atoms with van der Waals surface area (Å²) in [6.45, 7) is 0. The molecule has 94 valence electrons. The zero-order chi connectivity index (χ0) is 13.1. The van der Waals surface area contributed by atoms with Gasteiger partial charge in [0.05, 0.1) is 7.11 Å². The van der Waals surface area contributed by atoms with Crippen molar-refractivity contribution in [2.24, 2.45) is 0 Å². The fraction of sp³-hybridized carbons (Fsp3) is 0.182. The van der Waals surface area contributed by atoms with Crippen LogP contribution in [-0.2, 0) is 0 Å². The lowest BCUT2D eigenvalue weighted by molar-refractivity contribution is -0.588. The quantitative estimate of drug-likeness (QED) is 0.786. The second-order valence-corrected chi connectivity index (χ2v) is 4.40. The van der Waals surface area contributed by atoms with E-state index in [1.165, 1.54) is 18.6 Å². The van der Waals surface area contributed by atoms with Gasteiger partial charge in [-0.25, -0.2) is 0 Å². The lowest BCUT2D eigenvalue weighted by Gasteiger charge is -1.97. The van der Waals surface area contributed by atoms with Gasteiger partial charge in [0.25, 0.3) is 11.6 Å². The molecule has 0 atom stereocenters. The summed E-state index contributed by atoms with van der Waals surface area (Å²) >= 11 is 1.18. The maximum atomic E-state index is 11.5. The molecule has 2 rings (SSSR count). The van der Waals surface area contributed by atoms with E-state index in [1.54, 1.807) is 11.2 Å². The second-order valence-electron chi connectivity index (χ2n) is 3.43. The molecule has 3 N–H and O–H groups in total. The van der Waals surface area contributed by atoms with E-state index in [1.807, 2.05) is 24.3 Å². The number of amides is 1. The number of hydrogen-bond acceptors (Lipinski definition) is 5. The Hall–Kier alpha value is -2.15. The molecule has 7 heteroatoms. The van der Waals surface area contributed by atoms with E-state index in [0.717, 1.165) is 5.69 Å². The third-order valence-electron chi connectivity index (χ3n) is 2.34. The number of carbonyl (C=O) groups is 1. The van der Waals surface area contributed by atoms with Gasteiger partial charge in [0.1, 0.15) is 0 Å². The van der Waals surface area contributed by atoms with E-state index in [4.69, 9.17) is 10.5 Å². The van der Waals surface area contributed by atoms with E-state index in [9.17, 15) is 4.79 Å². The summed E-state index contributed by atoms with van der Waals surface area (Å²) in [5.74, 6) is 0.358. The van der Waals surface area contributed by atoms with Gasteiger partial charge in [0.15, 0.2) is 22.3 Å². The Labute approximate surface area is 108 Å². The molecule has 0 aliphatic rings. The molecule has 18 heavy (non-hydrogen) atoms. The molecule has 0 aliphatic carbocycles. The Balaban J connectivity index is 2.49. The number of para-hydroxylation sites is 2. The first kappa shape index (κ1) is 12.3. The molecule has 0 saturated heterocycles. The van der Waals surface area contributed by atoms with Crippen LogP contribution in [-0.4, -0.2) is 25.2 Å². The summed E-state index contributed by atoms with van der Waals surface area (Å²) < 4.78 is 6.81. The number of nitrogens with zero attached hydrogens (tertiary/aromatic N) is 2. The molecule has 0 saturated carbocycles. The normalized spacial score (nSPS) is 10.1. The molecule has 1 aromatic carbocycles. The van der Waals surface area contributed by atoms with Gasteiger partial charge in [0, 0.05) is 22.3 Å². The number of nitrogens with one attached hydrogen (secondary N) is 1. The highest BCUT2D eigenvalue weighted by Gasteiger charge is 2.25. The maximum absolute atomic E-state index is 11.5. The Kier molecular flexibility index (Phi) is 3.42. The second kappa shape index (κ2) is 5.01. The van der Waals surface area contributed by atoms with Crippen LogP contribution >= 0.6 is 11.5 Å². The summed E-state index contributed by atoms with van der Waals surface area (Å²) in [4.78, 5) is 11.5. The van der Waals surface area contributed by atoms with Crippen molar-refractivity contribution in [1.29, 1.82) is 0 Å². The molecule has 6 nitrogen and oxygen atoms in total. The zero-order valence-electron chi connectivity index (χ0n) is 10.0. The minimum Gasteiger partial charge on any atom is -0.490 e. The summed E-state index contributed by atoms with van der Waals surface area (Å²) in [5, 5.41) is 7.04. The molecule has 0 unspecified atom stereocenters. The number of methoxy groups -OCH3 is 1. The Morgan fingerprint density at radius 2 is 2.22 bits per heavy atom. The molecule has 0 spiro atoms. The standard InChI is InChI=1S/C11H12N4O2S/c1-13-11(16)9-10(12)18-15(14-9)7-5-3-4-6-8(7)17-2/h3-6,12H,1-2H3,(H,13,16)/p+1. The average molecular weight is 265 g/mol. The van der Waals surface area contributed by atoms with Gasteiger partial charge in [-0.2, -0.15) is 0 Å². The van der Waals surface area contributed by atoms with Gasteiger partial charge in [0.2, 0.25) is 5.69 Å². The summed E-state index contributed by atoms with van der Waals surface area (Å²) in [6.07, 6.45) is 0. The fourth-order valence-electron chi connectivity index (χ4n) is 1.46. The van der Waals surface area contributed by atoms with Crippen LogP contribution in [0.3, 0.4) is 0 Å². The van der Waals surface area contributed by atoms with Crippen LogP contribution in [0.1, 0.15) is 10.5 Å². The van der Waals surface area contributed by atoms with Crippen LogP contribution in [0.2, 0.25) is 0 Å². The molecule has 1 amide bonds. The van der Waals surface area contributed by atoms with Crippen LogP contribution in [0.5, 0.6) is 5.75 Å². The number of rotatable bonds is 3. The molecule has 1 aromatic heterocycles. The SMILES string of the molecule is CNC(=O)c1n[n+](-c2ccccc2OC)sc1N. The summed E-state index contributed by atoms with van der Waals surface area (Å²) in [7, 11) is 3.12. The maximum Gasteiger partial charge on any atom is 0.295 e. The van der Waals surface area contributed by atoms with Gasteiger partial charge in [-0.3, -0.25) is 4.79 Å². The highest BCUT2D eigenvalue weighted by atomic mass is 32.1. The van der Waals surface area contributed by atoms with Crippen molar-refractivity contribution in [3.63, 3.8) is 0 Å². The average Bonchev–Trinajstić information content (AvgIpc) is 2.79. The zero-order valence-corrected chi connectivity index (χ0v) is 10.8. The van der Waals surface area contributed by atoms with Gasteiger partial charge in [-0.15, -0.1) is 0 Å². The predicted molar refractivity (Wildman–Crippen MR) is 68.0 cm³/mol. The largest absolute Gasteiger partial charge is 0.490 e. The van der Waals surface area contributed by atoms with Crippen molar-refractivity contribution in [3.05, 3.63) is 30.0 Å². The lowest BCUT2D eigenvalue weighted by atomic mass is 10.3. The molecule has 0 bridgehead atoms. The monoisotopic (exact) mass is 265 g/mol. The first-order valence-electron chi connectivity index (χ1n) is 5.22. The van der Waals surface area contributed by atoms with Gasteiger partial charge >= 0.3 is 0 Å². The molecular formula is C11H13N4O2S+. The number of aromatic nitrogens is 2. The molecular weight excluding hydrogens is 252 g/mol. The van der Waals surface area contributed by atoms with Crippen LogP contribution in [0.25, 0.3) is 5.69 Å². The predicted octanol–water partition coefficient (Wildman–Crippen LogP) is 0.370. The van der Waals surface area contributed by atoms with Crippen molar-refractivity contribution >= 4 is 22.4 Å². The number of carbonyl (C=O) groups excluding carboxylic acids is 1. The third kappa shape index (κ3) is 2.12. The van der Waals surface area contributed by atoms with Crippen LogP contribution in [0.15, 0.2) is 24.3 Å². The first-order valence-corrected chi connectivity index (χ1v) is 5.99. The molecule has 1 heterocycles. The van der Waals surface area contributed by atoms with Crippen LogP contribution < -0.4 is 19.9 Å². The van der Waals surface area contributed by atoms with Crippen LogP contribution in [0.4, 0.5) is 5.00 Å². The van der Waals surface area contributed by atoms with Gasteiger partial charge in [-0.1, -0.05) is 12.1 Å². The van der Waals surface area contributed by atoms with Crippen LogP contribution in [0, 0.1) is 0 Å². The summed E-state index contributed by atoms with van der Waals surface area (Å²) in [5.41, 5.74) is 6.74. The number of ether oxygens (including phenoxy) is 1. The highest BCUT2D eigenvalue weighted by molar-refractivity contribution is 7.06. The Bertz CT molecular complexity index is 582. The number of nitrogen functional groups attached to an aromatic ring is 1. The minimum absolute atomic E-state index is 0.216. The summed E-state index contributed by atoms with van der Waals surface area (Å²) in [6, 6.07) is 7.39. The number of benzene rings is 1. The minimum atomic E-state index is -0.308. The van der Waals surface area contributed by atoms with Crippen molar-refractivity contribution < 1.29 is 13.6 Å². The Morgan fingerprint density at radius 3 is 2.89 bits per heavy atom. The first-order chi connectivity index (χ1) is 8.67. The van der Waals surface area contributed by atoms with Crippen molar-refractivity contribution in [2.45, 2.75) is 0 Å². The smallest absolute Gasteiger partial charge is 0.295 e. The fourth-order valence-corrected chi connectivity index (χ4v) is 2.24. The number of anilines is 1. The van der Waals surface area contributed by atoms with E-state index in [0.29, 0.717) is 10.8 Å². The number of hydrogen-bond donors (Lipinski definition) is 2. The van der Waals surface area contributed by atoms with E-state index >= 15 is 0 Å². The van der Waals surface area contributed by atoms with Gasteiger partial charge < -0.3 is 15.8 Å². The lowest BCUT2D eigenvalue weighted by Crippen LogP contribution is -2.31. The van der Waals surface area contributed by atoms with E-state index in [2.05, 4.69) is 10.4 Å². The Morgan fingerprint density at radius 1 is 1.50 bits per heavy atom. The van der Waals surface area contributed by atoms with Crippen molar-refractivity contribution in [1.82, 2.24) is 10.4 Å². The topological polar surface area (TPSA) is 81.1 Å². The van der Waals surface area contributed by atoms with E-state index in [-0.39, 0.29) is 11.6 Å². The highest BCUT2D eigenvalue weighted by Crippen LogP contribution is 2.20.